The average Bonchev–Trinajstić information content (AvgIpc) is 3.08. The summed E-state index contributed by atoms with van der Waals surface area (Å²) < 4.78 is 7.33. The van der Waals surface area contributed by atoms with E-state index in [2.05, 4.69) is 5.10 Å². The highest BCUT2D eigenvalue weighted by Gasteiger charge is 2.24. The van der Waals surface area contributed by atoms with Gasteiger partial charge in [0.2, 0.25) is 0 Å². The predicted octanol–water partition coefficient (Wildman–Crippen LogP) is 2.86. The van der Waals surface area contributed by atoms with E-state index in [0.717, 1.165) is 29.8 Å². The molecule has 1 aliphatic rings. The highest BCUT2D eigenvalue weighted by atomic mass is 35.5. The maximum atomic E-state index is 6.21. The molecule has 94 valence electrons. The summed E-state index contributed by atoms with van der Waals surface area (Å²) in [6.07, 6.45) is 2.59. The number of halogens is 1. The third-order valence-corrected chi connectivity index (χ3v) is 3.26. The summed E-state index contributed by atoms with van der Waals surface area (Å²) in [5, 5.41) is 4.93. The zero-order chi connectivity index (χ0) is 12.7. The van der Waals surface area contributed by atoms with Crippen LogP contribution in [0.4, 0.5) is 5.82 Å². The number of benzene rings is 1. The molecule has 0 atom stereocenters. The Morgan fingerprint density at radius 2 is 2.17 bits per heavy atom. The normalized spacial score (nSPS) is 14.8. The maximum Gasteiger partial charge on any atom is 0.138 e. The molecular weight excluding hydrogens is 250 g/mol. The zero-order valence-corrected chi connectivity index (χ0v) is 10.8. The number of ether oxygens (including phenoxy) is 1. The van der Waals surface area contributed by atoms with Crippen LogP contribution in [0.25, 0.3) is 11.3 Å². The van der Waals surface area contributed by atoms with Crippen molar-refractivity contribution in [3.8, 4) is 17.0 Å². The lowest BCUT2D eigenvalue weighted by atomic mass is 10.1. The van der Waals surface area contributed by atoms with Gasteiger partial charge in [0.25, 0.3) is 0 Å². The molecule has 0 amide bonds. The monoisotopic (exact) mass is 263 g/mol. The SMILES string of the molecule is Cn1nc(-c2ccc(OC3CC3)c(Cl)c2)cc1N. The quantitative estimate of drug-likeness (QED) is 0.926. The van der Waals surface area contributed by atoms with E-state index in [-0.39, 0.29) is 0 Å². The second kappa shape index (κ2) is 4.21. The molecule has 2 aromatic rings. The van der Waals surface area contributed by atoms with E-state index in [1.165, 1.54) is 0 Å². The van der Waals surface area contributed by atoms with Crippen molar-refractivity contribution in [2.75, 3.05) is 5.73 Å². The van der Waals surface area contributed by atoms with Crippen LogP contribution in [0.2, 0.25) is 5.02 Å². The fraction of sp³-hybridized carbons (Fsp3) is 0.308. The molecule has 2 N–H and O–H groups in total. The van der Waals surface area contributed by atoms with Crippen molar-refractivity contribution in [2.45, 2.75) is 18.9 Å². The van der Waals surface area contributed by atoms with Crippen LogP contribution in [0.3, 0.4) is 0 Å². The van der Waals surface area contributed by atoms with E-state index in [9.17, 15) is 0 Å². The average molecular weight is 264 g/mol. The molecule has 0 spiro atoms. The van der Waals surface area contributed by atoms with Gasteiger partial charge in [-0.3, -0.25) is 4.68 Å². The van der Waals surface area contributed by atoms with Crippen LogP contribution < -0.4 is 10.5 Å². The van der Waals surface area contributed by atoms with E-state index in [1.54, 1.807) is 4.68 Å². The molecule has 1 heterocycles. The summed E-state index contributed by atoms with van der Waals surface area (Å²) in [5.41, 5.74) is 7.52. The van der Waals surface area contributed by atoms with Crippen molar-refractivity contribution in [2.24, 2.45) is 7.05 Å². The Balaban J connectivity index is 1.90. The molecule has 1 saturated carbocycles. The third-order valence-electron chi connectivity index (χ3n) is 2.96. The van der Waals surface area contributed by atoms with Crippen molar-refractivity contribution in [1.29, 1.82) is 0 Å². The van der Waals surface area contributed by atoms with Gasteiger partial charge in [-0.2, -0.15) is 5.10 Å². The highest BCUT2D eigenvalue weighted by Crippen LogP contribution is 2.34. The Morgan fingerprint density at radius 3 is 2.72 bits per heavy atom. The van der Waals surface area contributed by atoms with Gasteiger partial charge in [0, 0.05) is 18.7 Å². The molecule has 1 fully saturated rings. The first-order chi connectivity index (χ1) is 8.63. The Hall–Kier alpha value is -1.68. The van der Waals surface area contributed by atoms with Gasteiger partial charge in [0.05, 0.1) is 16.8 Å². The second-order valence-electron chi connectivity index (χ2n) is 4.54. The Kier molecular flexibility index (Phi) is 2.67. The smallest absolute Gasteiger partial charge is 0.138 e. The first kappa shape index (κ1) is 11.4. The molecular formula is C13H14ClN3O. The van der Waals surface area contributed by atoms with Crippen molar-refractivity contribution < 1.29 is 4.74 Å². The number of hydrogen-bond acceptors (Lipinski definition) is 3. The molecule has 1 aromatic heterocycles. The predicted molar refractivity (Wildman–Crippen MR) is 71.7 cm³/mol. The molecule has 0 saturated heterocycles. The Morgan fingerprint density at radius 1 is 1.39 bits per heavy atom. The molecule has 5 heteroatoms. The summed E-state index contributed by atoms with van der Waals surface area (Å²) in [6.45, 7) is 0. The van der Waals surface area contributed by atoms with Crippen LogP contribution in [0.5, 0.6) is 5.75 Å². The zero-order valence-electron chi connectivity index (χ0n) is 10.1. The minimum absolute atomic E-state index is 0.346. The van der Waals surface area contributed by atoms with Crippen molar-refractivity contribution >= 4 is 17.4 Å². The van der Waals surface area contributed by atoms with Crippen LogP contribution >= 0.6 is 11.6 Å². The summed E-state index contributed by atoms with van der Waals surface area (Å²) in [6, 6.07) is 7.53. The molecule has 18 heavy (non-hydrogen) atoms. The number of hydrogen-bond donors (Lipinski definition) is 1. The molecule has 0 aliphatic heterocycles. The van der Waals surface area contributed by atoms with E-state index >= 15 is 0 Å². The lowest BCUT2D eigenvalue weighted by molar-refractivity contribution is 0.303. The highest BCUT2D eigenvalue weighted by molar-refractivity contribution is 6.32. The van der Waals surface area contributed by atoms with Gasteiger partial charge in [0.1, 0.15) is 11.6 Å². The van der Waals surface area contributed by atoms with Gasteiger partial charge >= 0.3 is 0 Å². The topological polar surface area (TPSA) is 53.1 Å². The van der Waals surface area contributed by atoms with E-state index < -0.39 is 0 Å². The molecule has 0 unspecified atom stereocenters. The van der Waals surface area contributed by atoms with Gasteiger partial charge in [-0.1, -0.05) is 11.6 Å². The fourth-order valence-corrected chi connectivity index (χ4v) is 1.97. The standard InChI is InChI=1S/C13H14ClN3O/c1-17-13(15)7-11(16-17)8-2-5-12(10(14)6-8)18-9-3-4-9/h2,5-7,9H,3-4,15H2,1H3. The maximum absolute atomic E-state index is 6.21. The van der Waals surface area contributed by atoms with Crippen LogP contribution in [-0.4, -0.2) is 15.9 Å². The van der Waals surface area contributed by atoms with Crippen LogP contribution in [-0.2, 0) is 7.05 Å². The van der Waals surface area contributed by atoms with Gasteiger partial charge in [-0.25, -0.2) is 0 Å². The lowest BCUT2D eigenvalue weighted by Gasteiger charge is -2.07. The van der Waals surface area contributed by atoms with Gasteiger partial charge in [0.15, 0.2) is 0 Å². The van der Waals surface area contributed by atoms with E-state index in [4.69, 9.17) is 22.1 Å². The molecule has 4 nitrogen and oxygen atoms in total. The molecule has 0 bridgehead atoms. The minimum atomic E-state index is 0.346. The number of nitrogen functional groups attached to an aromatic ring is 1. The summed E-state index contributed by atoms with van der Waals surface area (Å²) in [5.74, 6) is 1.37. The number of anilines is 1. The third kappa shape index (κ3) is 2.16. The number of nitrogens with zero attached hydrogens (tertiary/aromatic N) is 2. The number of aromatic nitrogens is 2. The number of nitrogens with two attached hydrogens (primary N) is 1. The van der Waals surface area contributed by atoms with Crippen molar-refractivity contribution in [3.63, 3.8) is 0 Å². The molecule has 0 radical (unpaired) electrons. The first-order valence-corrected chi connectivity index (χ1v) is 6.27. The number of aryl methyl sites for hydroxylation is 1. The molecule has 1 aromatic carbocycles. The fourth-order valence-electron chi connectivity index (χ4n) is 1.74. The van der Waals surface area contributed by atoms with Crippen LogP contribution in [0.15, 0.2) is 24.3 Å². The van der Waals surface area contributed by atoms with Crippen LogP contribution in [0, 0.1) is 0 Å². The lowest BCUT2D eigenvalue weighted by Crippen LogP contribution is -1.97. The summed E-state index contributed by atoms with van der Waals surface area (Å²) in [7, 11) is 1.81. The second-order valence-corrected chi connectivity index (χ2v) is 4.95. The summed E-state index contributed by atoms with van der Waals surface area (Å²) in [4.78, 5) is 0. The largest absolute Gasteiger partial charge is 0.489 e. The van der Waals surface area contributed by atoms with Crippen molar-refractivity contribution in [3.05, 3.63) is 29.3 Å². The van der Waals surface area contributed by atoms with Crippen molar-refractivity contribution in [1.82, 2.24) is 9.78 Å². The molecule has 3 rings (SSSR count). The molecule has 1 aliphatic carbocycles. The van der Waals surface area contributed by atoms with Gasteiger partial charge in [-0.05, 0) is 31.0 Å². The van der Waals surface area contributed by atoms with E-state index in [0.29, 0.717) is 16.9 Å². The minimum Gasteiger partial charge on any atom is -0.489 e. The van der Waals surface area contributed by atoms with E-state index in [1.807, 2.05) is 31.3 Å². The summed E-state index contributed by atoms with van der Waals surface area (Å²) >= 11 is 6.21. The van der Waals surface area contributed by atoms with Gasteiger partial charge in [-0.15, -0.1) is 0 Å². The first-order valence-electron chi connectivity index (χ1n) is 5.89. The Bertz CT molecular complexity index is 570. The number of rotatable bonds is 3. The Labute approximate surface area is 110 Å². The van der Waals surface area contributed by atoms with Crippen LogP contribution in [0.1, 0.15) is 12.8 Å². The van der Waals surface area contributed by atoms with Gasteiger partial charge < -0.3 is 10.5 Å².